The van der Waals surface area contributed by atoms with Gasteiger partial charge in [0.15, 0.2) is 0 Å². The lowest BCUT2D eigenvalue weighted by molar-refractivity contribution is 1.44. The first-order valence-electron chi connectivity index (χ1n) is 2.56. The summed E-state index contributed by atoms with van der Waals surface area (Å²) < 4.78 is 0. The fourth-order valence-corrected chi connectivity index (χ4v) is 0.105. The summed E-state index contributed by atoms with van der Waals surface area (Å²) in [5.74, 6) is 0. The number of hydrogen-bond acceptors (Lipinski definition) is 1. The van der Waals surface area contributed by atoms with Crippen molar-refractivity contribution in [2.24, 2.45) is 15.7 Å². The van der Waals surface area contributed by atoms with Crippen molar-refractivity contribution in [3.05, 3.63) is 0 Å². The quantitative estimate of drug-likeness (QED) is 0.396. The number of nitrogens with two attached hydrogens (primary N) is 1. The Kier molecular flexibility index (Phi) is 21.0. The van der Waals surface area contributed by atoms with Gasteiger partial charge >= 0.3 is 0 Å². The predicted molar refractivity (Wildman–Crippen MR) is 38.4 cm³/mol. The highest BCUT2D eigenvalue weighted by atomic mass is 14.9. The maximum absolute atomic E-state index is 4.83. The minimum absolute atomic E-state index is 1.19. The molecule has 2 N–H and O–H groups in total. The van der Waals surface area contributed by atoms with Crippen LogP contribution in [0.25, 0.3) is 0 Å². The Bertz CT molecular complexity index is 56.1. The van der Waals surface area contributed by atoms with Gasteiger partial charge in [-0.15, -0.1) is 0 Å². The largest absolute Gasteiger partial charge is 0.390 e. The fourth-order valence-electron chi connectivity index (χ4n) is 0.105. The van der Waals surface area contributed by atoms with Crippen molar-refractivity contribution >= 4 is 12.7 Å². The van der Waals surface area contributed by atoms with Crippen LogP contribution in [0.1, 0.15) is 13.8 Å². The average molecular weight is 115 g/mol. The summed E-state index contributed by atoms with van der Waals surface area (Å²) in [6.45, 7) is 4.00. The average Bonchev–Trinajstić information content (AvgIpc) is 1.88. The van der Waals surface area contributed by atoms with Gasteiger partial charge in [-0.05, 0) is 0 Å². The van der Waals surface area contributed by atoms with Crippen LogP contribution in [0.15, 0.2) is 9.98 Å². The molecule has 0 unspecified atom stereocenters. The summed E-state index contributed by atoms with van der Waals surface area (Å²) in [4.78, 5) is 6.97. The van der Waals surface area contributed by atoms with Crippen molar-refractivity contribution in [3.63, 3.8) is 0 Å². The van der Waals surface area contributed by atoms with Gasteiger partial charge in [-0.1, -0.05) is 13.8 Å². The van der Waals surface area contributed by atoms with Gasteiger partial charge in [0.25, 0.3) is 0 Å². The Hall–Kier alpha value is -0.860. The third kappa shape index (κ3) is 19.2. The molecule has 0 rings (SSSR count). The minimum Gasteiger partial charge on any atom is -0.390 e. The van der Waals surface area contributed by atoms with E-state index in [9.17, 15) is 0 Å². The number of nitrogens with zero attached hydrogens (tertiary/aromatic N) is 2. The van der Waals surface area contributed by atoms with Gasteiger partial charge in [-0.2, -0.15) is 0 Å². The zero-order valence-electron chi connectivity index (χ0n) is 5.63. The van der Waals surface area contributed by atoms with Crippen LogP contribution in [0.5, 0.6) is 0 Å². The molecule has 3 heteroatoms. The molecule has 0 aromatic carbocycles. The molecule has 0 spiro atoms. The molecular weight excluding hydrogens is 102 g/mol. The highest BCUT2D eigenvalue weighted by Crippen LogP contribution is 1.49. The van der Waals surface area contributed by atoms with E-state index < -0.39 is 0 Å². The molecule has 0 heterocycles. The monoisotopic (exact) mass is 115 g/mol. The third-order valence-corrected chi connectivity index (χ3v) is 0.268. The smallest absolute Gasteiger partial charge is 0.111 e. The normalized spacial score (nSPS) is 9.38. The van der Waals surface area contributed by atoms with E-state index in [0.717, 1.165) is 0 Å². The van der Waals surface area contributed by atoms with Crippen molar-refractivity contribution in [2.45, 2.75) is 13.8 Å². The second-order valence-corrected chi connectivity index (χ2v) is 0.672. The van der Waals surface area contributed by atoms with E-state index in [1.165, 1.54) is 12.7 Å². The van der Waals surface area contributed by atoms with Crippen LogP contribution in [0.2, 0.25) is 0 Å². The molecule has 0 atom stereocenters. The first-order chi connectivity index (χ1) is 3.91. The molecule has 0 bridgehead atoms. The Morgan fingerprint density at radius 2 is 1.88 bits per heavy atom. The van der Waals surface area contributed by atoms with E-state index >= 15 is 0 Å². The van der Waals surface area contributed by atoms with Crippen LogP contribution in [0, 0.1) is 0 Å². The first-order valence-corrected chi connectivity index (χ1v) is 2.56. The summed E-state index contributed by atoms with van der Waals surface area (Å²) in [6, 6.07) is 0. The van der Waals surface area contributed by atoms with Gasteiger partial charge in [0.05, 0.1) is 6.34 Å². The zero-order valence-corrected chi connectivity index (χ0v) is 5.63. The van der Waals surface area contributed by atoms with Crippen LogP contribution < -0.4 is 5.73 Å². The minimum atomic E-state index is 1.19. The van der Waals surface area contributed by atoms with Crippen LogP contribution in [-0.2, 0) is 0 Å². The molecule has 0 aliphatic carbocycles. The fraction of sp³-hybridized carbons (Fsp3) is 0.600. The molecule has 0 amide bonds. The topological polar surface area (TPSA) is 50.7 Å². The van der Waals surface area contributed by atoms with Gasteiger partial charge < -0.3 is 5.73 Å². The molecular formula is C5H13N3. The van der Waals surface area contributed by atoms with Gasteiger partial charge in [0, 0.05) is 7.05 Å². The van der Waals surface area contributed by atoms with Crippen molar-refractivity contribution in [3.8, 4) is 0 Å². The molecule has 0 aromatic rings. The summed E-state index contributed by atoms with van der Waals surface area (Å²) in [5, 5.41) is 0. The Labute approximate surface area is 50.3 Å². The van der Waals surface area contributed by atoms with Crippen molar-refractivity contribution in [1.29, 1.82) is 0 Å². The van der Waals surface area contributed by atoms with E-state index in [1.54, 1.807) is 7.05 Å². The van der Waals surface area contributed by atoms with Gasteiger partial charge in [0.2, 0.25) is 0 Å². The Morgan fingerprint density at radius 1 is 1.38 bits per heavy atom. The molecule has 8 heavy (non-hydrogen) atoms. The molecule has 0 saturated heterocycles. The van der Waals surface area contributed by atoms with E-state index in [2.05, 4.69) is 9.98 Å². The van der Waals surface area contributed by atoms with E-state index in [4.69, 9.17) is 5.73 Å². The zero-order chi connectivity index (χ0) is 6.83. The van der Waals surface area contributed by atoms with Crippen LogP contribution in [-0.4, -0.2) is 19.7 Å². The molecule has 0 saturated carbocycles. The number of rotatable bonds is 1. The number of aliphatic imine (C=N–C) groups is 2. The molecule has 0 aromatic heterocycles. The standard InChI is InChI=1S/C3H7N3.C2H6/c1-5-3-6-2-4;1-2/h2-3H,1H3,(H2,4,5,6);1-2H3. The lowest BCUT2D eigenvalue weighted by Crippen LogP contribution is -1.86. The van der Waals surface area contributed by atoms with Crippen LogP contribution in [0.4, 0.5) is 0 Å². The second kappa shape index (κ2) is 16.5. The number of hydrogen-bond donors (Lipinski definition) is 1. The van der Waals surface area contributed by atoms with Gasteiger partial charge in [0.1, 0.15) is 6.34 Å². The Morgan fingerprint density at radius 3 is 2.00 bits per heavy atom. The molecule has 0 fully saturated rings. The SMILES string of the molecule is CC.CN=CN=CN. The van der Waals surface area contributed by atoms with Crippen LogP contribution >= 0.6 is 0 Å². The highest BCUT2D eigenvalue weighted by Gasteiger charge is 1.48. The summed E-state index contributed by atoms with van der Waals surface area (Å²) >= 11 is 0. The van der Waals surface area contributed by atoms with Crippen LogP contribution in [0.3, 0.4) is 0 Å². The van der Waals surface area contributed by atoms with E-state index in [-0.39, 0.29) is 0 Å². The molecule has 3 nitrogen and oxygen atoms in total. The lowest BCUT2D eigenvalue weighted by atomic mass is 11.0. The van der Waals surface area contributed by atoms with E-state index in [1.807, 2.05) is 13.8 Å². The summed E-state index contributed by atoms with van der Waals surface area (Å²) in [6.07, 6.45) is 2.56. The summed E-state index contributed by atoms with van der Waals surface area (Å²) in [5.41, 5.74) is 4.83. The lowest BCUT2D eigenvalue weighted by Gasteiger charge is -1.65. The molecule has 0 aliphatic rings. The predicted octanol–water partition coefficient (Wildman–Crippen LogP) is 0.658. The maximum atomic E-state index is 4.83. The van der Waals surface area contributed by atoms with Gasteiger partial charge in [-0.3, -0.25) is 4.99 Å². The van der Waals surface area contributed by atoms with Crippen molar-refractivity contribution < 1.29 is 0 Å². The van der Waals surface area contributed by atoms with Crippen molar-refractivity contribution in [2.75, 3.05) is 7.05 Å². The van der Waals surface area contributed by atoms with E-state index in [0.29, 0.717) is 0 Å². The first kappa shape index (κ1) is 10.2. The highest BCUT2D eigenvalue weighted by molar-refractivity contribution is 5.69. The molecule has 0 aliphatic heterocycles. The molecule has 0 radical (unpaired) electrons. The maximum Gasteiger partial charge on any atom is 0.111 e. The van der Waals surface area contributed by atoms with Crippen molar-refractivity contribution in [1.82, 2.24) is 0 Å². The summed E-state index contributed by atoms with van der Waals surface area (Å²) in [7, 11) is 1.63. The third-order valence-electron chi connectivity index (χ3n) is 0.268. The second-order valence-electron chi connectivity index (χ2n) is 0.672. The molecule has 48 valence electrons. The van der Waals surface area contributed by atoms with Gasteiger partial charge in [-0.25, -0.2) is 4.99 Å². The Balaban J connectivity index is 0.